The van der Waals surface area contributed by atoms with Gasteiger partial charge in [-0.15, -0.1) is 0 Å². The standard InChI is InChI=1S/C27H25N5O/c1-27(2)14-18-5-3-8-23(26(18)33-27)32-25-12-10-19-20(6-4-7-21(19)31-25)28-15-17-9-11-22-24(13-17)30-16-29-22/h3-13,16,28H,14-15H2,1-2H3,(H,29,30)(H,31,32). The lowest BCUT2D eigenvalue weighted by Crippen LogP contribution is -2.24. The first-order valence-corrected chi connectivity index (χ1v) is 11.2. The van der Waals surface area contributed by atoms with Crippen molar-refractivity contribution in [3.05, 3.63) is 84.2 Å². The molecule has 0 radical (unpaired) electrons. The van der Waals surface area contributed by atoms with Crippen LogP contribution in [0.4, 0.5) is 17.2 Å². The average Bonchev–Trinajstić information content (AvgIpc) is 3.40. The molecule has 164 valence electrons. The lowest BCUT2D eigenvalue weighted by molar-refractivity contribution is 0.139. The predicted octanol–water partition coefficient (Wildman–Crippen LogP) is 6.18. The number of hydrogen-bond donors (Lipinski definition) is 3. The number of benzene rings is 3. The molecule has 0 aliphatic carbocycles. The number of para-hydroxylation sites is 1. The van der Waals surface area contributed by atoms with Gasteiger partial charge in [-0.25, -0.2) is 9.97 Å². The van der Waals surface area contributed by atoms with Crippen LogP contribution in [0.25, 0.3) is 21.9 Å². The number of imidazole rings is 1. The zero-order valence-corrected chi connectivity index (χ0v) is 18.6. The molecule has 6 nitrogen and oxygen atoms in total. The molecule has 1 aliphatic rings. The van der Waals surface area contributed by atoms with Crippen LogP contribution < -0.4 is 15.4 Å². The third kappa shape index (κ3) is 3.74. The molecule has 0 spiro atoms. The van der Waals surface area contributed by atoms with Crippen molar-refractivity contribution in [3.63, 3.8) is 0 Å². The first-order chi connectivity index (χ1) is 16.0. The Bertz CT molecular complexity index is 1490. The van der Waals surface area contributed by atoms with Gasteiger partial charge in [-0.2, -0.15) is 0 Å². The van der Waals surface area contributed by atoms with Gasteiger partial charge in [0.05, 0.1) is 28.6 Å². The van der Waals surface area contributed by atoms with Crippen LogP contribution in [0.3, 0.4) is 0 Å². The predicted molar refractivity (Wildman–Crippen MR) is 133 cm³/mol. The SMILES string of the molecule is CC1(C)Cc2cccc(Nc3ccc4c(NCc5ccc6[nH]cnc6c5)cccc4n3)c2O1. The maximum atomic E-state index is 6.19. The van der Waals surface area contributed by atoms with Gasteiger partial charge >= 0.3 is 0 Å². The Kier molecular flexibility index (Phi) is 4.47. The van der Waals surface area contributed by atoms with E-state index in [2.05, 4.69) is 76.9 Å². The van der Waals surface area contributed by atoms with Crippen LogP contribution in [0.2, 0.25) is 0 Å². The summed E-state index contributed by atoms with van der Waals surface area (Å²) < 4.78 is 6.19. The summed E-state index contributed by atoms with van der Waals surface area (Å²) in [6, 6.07) is 22.8. The van der Waals surface area contributed by atoms with E-state index in [-0.39, 0.29) is 5.60 Å². The molecule has 33 heavy (non-hydrogen) atoms. The third-order valence-electron chi connectivity index (χ3n) is 6.05. The van der Waals surface area contributed by atoms with E-state index in [1.54, 1.807) is 6.33 Å². The van der Waals surface area contributed by atoms with Gasteiger partial charge in [-0.05, 0) is 61.9 Å². The molecule has 0 fully saturated rings. The average molecular weight is 436 g/mol. The van der Waals surface area contributed by atoms with Crippen LogP contribution in [0.5, 0.6) is 5.75 Å². The van der Waals surface area contributed by atoms with Gasteiger partial charge in [-0.1, -0.05) is 24.3 Å². The Labute approximate surface area is 192 Å². The Morgan fingerprint density at radius 2 is 1.85 bits per heavy atom. The topological polar surface area (TPSA) is 74.9 Å². The highest BCUT2D eigenvalue weighted by Gasteiger charge is 2.31. The molecular weight excluding hydrogens is 410 g/mol. The van der Waals surface area contributed by atoms with Crippen molar-refractivity contribution < 1.29 is 4.74 Å². The van der Waals surface area contributed by atoms with E-state index >= 15 is 0 Å². The fourth-order valence-electron chi connectivity index (χ4n) is 4.52. The maximum Gasteiger partial charge on any atom is 0.146 e. The van der Waals surface area contributed by atoms with Gasteiger partial charge in [0.2, 0.25) is 0 Å². The molecule has 6 heteroatoms. The Morgan fingerprint density at radius 1 is 0.970 bits per heavy atom. The molecule has 0 atom stereocenters. The molecule has 0 amide bonds. The minimum atomic E-state index is -0.181. The number of pyridine rings is 1. The van der Waals surface area contributed by atoms with Crippen molar-refractivity contribution in [1.29, 1.82) is 0 Å². The number of rotatable bonds is 5. The molecule has 5 aromatic rings. The van der Waals surface area contributed by atoms with Crippen LogP contribution in [-0.2, 0) is 13.0 Å². The van der Waals surface area contributed by atoms with E-state index in [0.717, 1.165) is 51.3 Å². The second kappa shape index (κ2) is 7.52. The van der Waals surface area contributed by atoms with Crippen molar-refractivity contribution in [2.24, 2.45) is 0 Å². The van der Waals surface area contributed by atoms with Gasteiger partial charge < -0.3 is 20.4 Å². The lowest BCUT2D eigenvalue weighted by atomic mass is 10.0. The summed E-state index contributed by atoms with van der Waals surface area (Å²) in [5, 5.41) is 8.10. The van der Waals surface area contributed by atoms with E-state index in [1.165, 1.54) is 11.1 Å². The number of hydrogen-bond acceptors (Lipinski definition) is 5. The van der Waals surface area contributed by atoms with Gasteiger partial charge in [0.1, 0.15) is 17.2 Å². The Balaban J connectivity index is 1.24. The van der Waals surface area contributed by atoms with Crippen molar-refractivity contribution in [3.8, 4) is 5.75 Å². The summed E-state index contributed by atoms with van der Waals surface area (Å²) in [5.74, 6) is 1.72. The largest absolute Gasteiger partial charge is 0.485 e. The zero-order chi connectivity index (χ0) is 22.4. The number of nitrogens with one attached hydrogen (secondary N) is 3. The lowest BCUT2D eigenvalue weighted by Gasteiger charge is -2.18. The fraction of sp³-hybridized carbons (Fsp3) is 0.185. The number of aromatic amines is 1. The molecule has 2 aromatic heterocycles. The highest BCUT2D eigenvalue weighted by molar-refractivity contribution is 5.92. The zero-order valence-electron chi connectivity index (χ0n) is 18.6. The summed E-state index contributed by atoms with van der Waals surface area (Å²) in [6.45, 7) is 4.95. The van der Waals surface area contributed by atoms with Gasteiger partial charge in [-0.3, -0.25) is 0 Å². The summed E-state index contributed by atoms with van der Waals surface area (Å²) in [7, 11) is 0. The van der Waals surface area contributed by atoms with Crippen LogP contribution in [0.1, 0.15) is 25.0 Å². The minimum Gasteiger partial charge on any atom is -0.485 e. The smallest absolute Gasteiger partial charge is 0.146 e. The maximum absolute atomic E-state index is 6.19. The summed E-state index contributed by atoms with van der Waals surface area (Å²) in [6.07, 6.45) is 2.63. The number of H-pyrrole nitrogens is 1. The van der Waals surface area contributed by atoms with Crippen LogP contribution in [-0.4, -0.2) is 20.6 Å². The molecule has 1 aliphatic heterocycles. The summed E-state index contributed by atoms with van der Waals surface area (Å²) in [5.41, 5.74) is 7.19. The molecular formula is C27H25N5O. The second-order valence-electron chi connectivity index (χ2n) is 9.13. The highest BCUT2D eigenvalue weighted by Crippen LogP contribution is 2.41. The van der Waals surface area contributed by atoms with Gasteiger partial charge in [0.15, 0.2) is 0 Å². The molecule has 6 rings (SSSR count). The molecule has 0 unspecified atom stereocenters. The van der Waals surface area contributed by atoms with Gasteiger partial charge in [0.25, 0.3) is 0 Å². The van der Waals surface area contributed by atoms with Gasteiger partial charge in [0, 0.05) is 29.6 Å². The molecule has 0 bridgehead atoms. The molecule has 0 saturated carbocycles. The first-order valence-electron chi connectivity index (χ1n) is 11.2. The van der Waals surface area contributed by atoms with Crippen LogP contribution in [0, 0.1) is 0 Å². The molecule has 3 heterocycles. The number of aromatic nitrogens is 3. The second-order valence-corrected chi connectivity index (χ2v) is 9.13. The summed E-state index contributed by atoms with van der Waals surface area (Å²) in [4.78, 5) is 12.3. The van der Waals surface area contributed by atoms with Crippen molar-refractivity contribution >= 4 is 39.1 Å². The normalized spacial score (nSPS) is 14.2. The fourth-order valence-corrected chi connectivity index (χ4v) is 4.52. The van der Waals surface area contributed by atoms with E-state index in [1.807, 2.05) is 24.3 Å². The number of ether oxygens (including phenoxy) is 1. The summed E-state index contributed by atoms with van der Waals surface area (Å²) >= 11 is 0. The van der Waals surface area contributed by atoms with Crippen molar-refractivity contribution in [2.75, 3.05) is 10.6 Å². The number of fused-ring (bicyclic) bond motifs is 3. The van der Waals surface area contributed by atoms with Crippen molar-refractivity contribution in [1.82, 2.24) is 15.0 Å². The van der Waals surface area contributed by atoms with E-state index < -0.39 is 0 Å². The number of nitrogens with zero attached hydrogens (tertiary/aromatic N) is 2. The van der Waals surface area contributed by atoms with E-state index in [4.69, 9.17) is 9.72 Å². The van der Waals surface area contributed by atoms with Crippen molar-refractivity contribution in [2.45, 2.75) is 32.4 Å². The Morgan fingerprint density at radius 3 is 2.79 bits per heavy atom. The van der Waals surface area contributed by atoms with E-state index in [9.17, 15) is 0 Å². The van der Waals surface area contributed by atoms with Crippen LogP contribution >= 0.6 is 0 Å². The minimum absolute atomic E-state index is 0.181. The van der Waals surface area contributed by atoms with E-state index in [0.29, 0.717) is 6.54 Å². The quantitative estimate of drug-likeness (QED) is 0.307. The number of anilines is 3. The third-order valence-corrected chi connectivity index (χ3v) is 6.05. The monoisotopic (exact) mass is 435 g/mol. The first kappa shape index (κ1) is 19.6. The van der Waals surface area contributed by atoms with Crippen LogP contribution in [0.15, 0.2) is 73.1 Å². The highest BCUT2D eigenvalue weighted by atomic mass is 16.5. The molecule has 3 N–H and O–H groups in total. The molecule has 3 aromatic carbocycles. The Hall–Kier alpha value is -4.06. The molecule has 0 saturated heterocycles.